The van der Waals surface area contributed by atoms with Crippen molar-refractivity contribution in [3.8, 4) is 0 Å². The van der Waals surface area contributed by atoms with Crippen LogP contribution in [-0.4, -0.2) is 43.1 Å². The van der Waals surface area contributed by atoms with Crippen molar-refractivity contribution in [3.05, 3.63) is 35.9 Å². The van der Waals surface area contributed by atoms with Crippen molar-refractivity contribution in [1.29, 1.82) is 0 Å². The molecular weight excluding hydrogens is 403 g/mol. The number of hydrogen-bond donors (Lipinski definition) is 0. The lowest BCUT2D eigenvalue weighted by molar-refractivity contribution is -0.178. The molecule has 0 N–H and O–H groups in total. The summed E-state index contributed by atoms with van der Waals surface area (Å²) < 4.78 is 40.0. The fourth-order valence-corrected chi connectivity index (χ4v) is 4.58. The molecule has 0 bridgehead atoms. The van der Waals surface area contributed by atoms with Gasteiger partial charge in [0, 0.05) is 20.8 Å². The fraction of sp³-hybridized carbons (Fsp3) is 0.526. The average Bonchev–Trinajstić information content (AvgIpc) is 2.63. The Morgan fingerprint density at radius 2 is 1.31 bits per heavy atom. The number of benzene rings is 1. The molecule has 0 saturated carbocycles. The number of rotatable bonds is 11. The van der Waals surface area contributed by atoms with Gasteiger partial charge < -0.3 is 23.3 Å². The Bertz CT molecular complexity index is 724. The van der Waals surface area contributed by atoms with Crippen molar-refractivity contribution in [3.63, 3.8) is 0 Å². The molecule has 162 valence electrons. The first-order valence-corrected chi connectivity index (χ1v) is 10.7. The Balaban J connectivity index is 3.59. The Morgan fingerprint density at radius 3 is 1.72 bits per heavy atom. The molecule has 1 aromatic carbocycles. The Hall–Kier alpha value is -2.22. The molecule has 0 saturated heterocycles. The zero-order chi connectivity index (χ0) is 22.0. The number of carbonyl (C=O) groups excluding carboxylic acids is 3. The lowest BCUT2D eigenvalue weighted by Crippen LogP contribution is -2.41. The van der Waals surface area contributed by atoms with E-state index in [9.17, 15) is 18.9 Å². The summed E-state index contributed by atoms with van der Waals surface area (Å²) in [4.78, 5) is 35.4. The second kappa shape index (κ2) is 11.7. The van der Waals surface area contributed by atoms with E-state index in [4.69, 9.17) is 23.3 Å². The van der Waals surface area contributed by atoms with E-state index in [-0.39, 0.29) is 13.2 Å². The Morgan fingerprint density at radius 1 is 0.828 bits per heavy atom. The highest BCUT2D eigenvalue weighted by Crippen LogP contribution is 2.56. The number of hydrogen-bond acceptors (Lipinski definition) is 9. The first-order valence-electron chi connectivity index (χ1n) is 9.10. The molecule has 0 aliphatic rings. The van der Waals surface area contributed by atoms with Crippen LogP contribution < -0.4 is 0 Å². The molecule has 0 radical (unpaired) electrons. The van der Waals surface area contributed by atoms with Crippen LogP contribution in [0.5, 0.6) is 0 Å². The topological polar surface area (TPSA) is 114 Å². The van der Waals surface area contributed by atoms with Gasteiger partial charge in [-0.25, -0.2) is 0 Å². The van der Waals surface area contributed by atoms with Crippen molar-refractivity contribution in [2.75, 3.05) is 13.2 Å². The summed E-state index contributed by atoms with van der Waals surface area (Å²) in [5.41, 5.74) is 0.436. The standard InChI is InChI=1S/C19H27O9P/c1-6-24-29(23,25-7-2)19(28-15(5)22)18(27-14(4)21)17(26-13(3)20)16-11-9-8-10-12-16/h8-12,17-19H,6-7H2,1-5H3/t17-,18+,19-/m1/s1. The molecule has 29 heavy (non-hydrogen) atoms. The maximum Gasteiger partial charge on any atom is 0.375 e. The van der Waals surface area contributed by atoms with E-state index >= 15 is 0 Å². The molecule has 0 aromatic heterocycles. The molecule has 0 aliphatic carbocycles. The van der Waals surface area contributed by atoms with E-state index in [0.717, 1.165) is 13.8 Å². The first-order chi connectivity index (χ1) is 13.6. The number of ether oxygens (including phenoxy) is 3. The van der Waals surface area contributed by atoms with Crippen LogP contribution in [0.4, 0.5) is 0 Å². The van der Waals surface area contributed by atoms with Crippen LogP contribution in [0.3, 0.4) is 0 Å². The fourth-order valence-electron chi connectivity index (χ4n) is 2.63. The number of carbonyl (C=O) groups is 3. The summed E-state index contributed by atoms with van der Waals surface area (Å²) in [7, 11) is -4.13. The van der Waals surface area contributed by atoms with Gasteiger partial charge in [0.2, 0.25) is 5.85 Å². The van der Waals surface area contributed by atoms with Gasteiger partial charge in [-0.15, -0.1) is 0 Å². The highest BCUT2D eigenvalue weighted by Gasteiger charge is 2.50. The third-order valence-electron chi connectivity index (χ3n) is 3.52. The summed E-state index contributed by atoms with van der Waals surface area (Å²) in [5, 5.41) is 0. The maximum atomic E-state index is 13.4. The zero-order valence-corrected chi connectivity index (χ0v) is 18.0. The van der Waals surface area contributed by atoms with Crippen LogP contribution in [0.2, 0.25) is 0 Å². The molecule has 3 atom stereocenters. The normalized spacial score (nSPS) is 14.4. The third kappa shape index (κ3) is 7.61. The summed E-state index contributed by atoms with van der Waals surface area (Å²) in [6.07, 6.45) is -2.71. The molecular formula is C19H27O9P. The van der Waals surface area contributed by atoms with Crippen LogP contribution >= 0.6 is 7.60 Å². The van der Waals surface area contributed by atoms with Crippen molar-refractivity contribution in [2.24, 2.45) is 0 Å². The molecule has 0 unspecified atom stereocenters. The van der Waals surface area contributed by atoms with Gasteiger partial charge in [-0.3, -0.25) is 18.9 Å². The second-order valence-electron chi connectivity index (χ2n) is 5.89. The molecule has 0 aliphatic heterocycles. The van der Waals surface area contributed by atoms with Gasteiger partial charge in [-0.2, -0.15) is 0 Å². The van der Waals surface area contributed by atoms with Gasteiger partial charge in [0.05, 0.1) is 13.2 Å². The molecule has 0 fully saturated rings. The lowest BCUT2D eigenvalue weighted by Gasteiger charge is -2.35. The molecule has 0 amide bonds. The van der Waals surface area contributed by atoms with E-state index in [2.05, 4.69) is 0 Å². The smallest absolute Gasteiger partial charge is 0.375 e. The molecule has 10 heteroatoms. The van der Waals surface area contributed by atoms with E-state index < -0.39 is 43.6 Å². The summed E-state index contributed by atoms with van der Waals surface area (Å²) in [6.45, 7) is 6.52. The highest BCUT2D eigenvalue weighted by atomic mass is 31.2. The third-order valence-corrected chi connectivity index (χ3v) is 5.78. The van der Waals surface area contributed by atoms with E-state index in [1.807, 2.05) is 0 Å². The molecule has 0 spiro atoms. The zero-order valence-electron chi connectivity index (χ0n) is 17.2. The van der Waals surface area contributed by atoms with Gasteiger partial charge in [-0.05, 0) is 19.4 Å². The van der Waals surface area contributed by atoms with Gasteiger partial charge in [-0.1, -0.05) is 30.3 Å². The molecule has 1 aromatic rings. The Kier molecular flexibility index (Phi) is 10.0. The van der Waals surface area contributed by atoms with E-state index in [0.29, 0.717) is 5.56 Å². The van der Waals surface area contributed by atoms with Crippen molar-refractivity contribution in [2.45, 2.75) is 52.7 Å². The average molecular weight is 430 g/mol. The minimum atomic E-state index is -4.13. The predicted molar refractivity (Wildman–Crippen MR) is 103 cm³/mol. The largest absolute Gasteiger partial charge is 0.453 e. The van der Waals surface area contributed by atoms with Gasteiger partial charge >= 0.3 is 25.5 Å². The van der Waals surface area contributed by atoms with E-state index in [1.165, 1.54) is 6.92 Å². The van der Waals surface area contributed by atoms with Crippen molar-refractivity contribution >= 4 is 25.5 Å². The Labute approximate surface area is 170 Å². The molecule has 0 heterocycles. The number of esters is 3. The maximum absolute atomic E-state index is 13.4. The van der Waals surface area contributed by atoms with Gasteiger partial charge in [0.25, 0.3) is 0 Å². The van der Waals surface area contributed by atoms with Crippen molar-refractivity contribution < 1.29 is 42.2 Å². The molecule has 1 rings (SSSR count). The predicted octanol–water partition coefficient (Wildman–Crippen LogP) is 3.38. The van der Waals surface area contributed by atoms with Crippen molar-refractivity contribution in [1.82, 2.24) is 0 Å². The first kappa shape index (κ1) is 24.8. The quantitative estimate of drug-likeness (QED) is 0.296. The van der Waals surface area contributed by atoms with Crippen LogP contribution in [0.25, 0.3) is 0 Å². The monoisotopic (exact) mass is 430 g/mol. The van der Waals surface area contributed by atoms with Crippen LogP contribution in [0.15, 0.2) is 30.3 Å². The van der Waals surface area contributed by atoms with Crippen LogP contribution in [-0.2, 0) is 42.2 Å². The minimum Gasteiger partial charge on any atom is -0.453 e. The van der Waals surface area contributed by atoms with Gasteiger partial charge in [0.1, 0.15) is 0 Å². The van der Waals surface area contributed by atoms with Gasteiger partial charge in [0.15, 0.2) is 12.2 Å². The van der Waals surface area contributed by atoms with Crippen LogP contribution in [0, 0.1) is 0 Å². The summed E-state index contributed by atoms with van der Waals surface area (Å²) >= 11 is 0. The SMILES string of the molecule is CCOP(=O)(OCC)[C@@H](OC(C)=O)[C@@H](OC(C)=O)[C@H](OC(C)=O)c1ccccc1. The second-order valence-corrected chi connectivity index (χ2v) is 8.00. The summed E-state index contributed by atoms with van der Waals surface area (Å²) in [5.74, 6) is -3.91. The van der Waals surface area contributed by atoms with E-state index in [1.54, 1.807) is 44.2 Å². The summed E-state index contributed by atoms with van der Waals surface area (Å²) in [6, 6.07) is 8.36. The lowest BCUT2D eigenvalue weighted by atomic mass is 10.0. The molecule has 9 nitrogen and oxygen atoms in total. The highest BCUT2D eigenvalue weighted by molar-refractivity contribution is 7.54. The van der Waals surface area contributed by atoms with Crippen LogP contribution in [0.1, 0.15) is 46.3 Å². The minimum absolute atomic E-state index is 0.0224.